The lowest BCUT2D eigenvalue weighted by Crippen LogP contribution is -2.62. The Balaban J connectivity index is 2.52. The van der Waals surface area contributed by atoms with Crippen molar-refractivity contribution in [3.63, 3.8) is 0 Å². The van der Waals surface area contributed by atoms with Crippen molar-refractivity contribution in [3.8, 4) is 0 Å². The second kappa shape index (κ2) is 4.88. The lowest BCUT2D eigenvalue weighted by Gasteiger charge is -2.36. The molecule has 102 valence electrons. The fourth-order valence-corrected chi connectivity index (χ4v) is 2.27. The molecule has 0 saturated carbocycles. The van der Waals surface area contributed by atoms with Crippen LogP contribution in [-0.2, 0) is 9.59 Å². The summed E-state index contributed by atoms with van der Waals surface area (Å²) >= 11 is 2.94. The van der Waals surface area contributed by atoms with Gasteiger partial charge in [-0.1, -0.05) is 0 Å². The summed E-state index contributed by atoms with van der Waals surface area (Å²) < 4.78 is 27.1. The van der Waals surface area contributed by atoms with Gasteiger partial charge in [0.05, 0.1) is 10.2 Å². The molecule has 0 aliphatic carbocycles. The van der Waals surface area contributed by atoms with Crippen molar-refractivity contribution in [3.05, 3.63) is 28.2 Å². The van der Waals surface area contributed by atoms with Gasteiger partial charge in [0.15, 0.2) is 0 Å². The maximum atomic E-state index is 13.8. The summed E-state index contributed by atoms with van der Waals surface area (Å²) in [6.45, 7) is 2.99. The highest BCUT2D eigenvalue weighted by Gasteiger charge is 2.38. The Labute approximate surface area is 116 Å². The smallest absolute Gasteiger partial charge is 0.250 e. The van der Waals surface area contributed by atoms with Gasteiger partial charge in [-0.05, 0) is 35.8 Å². The molecule has 2 rings (SSSR count). The fourth-order valence-electron chi connectivity index (χ4n) is 1.94. The first-order valence-corrected chi connectivity index (χ1v) is 6.40. The Hall–Kier alpha value is -1.50. The quantitative estimate of drug-likeness (QED) is 0.799. The van der Waals surface area contributed by atoms with Crippen molar-refractivity contribution in [2.45, 2.75) is 25.9 Å². The van der Waals surface area contributed by atoms with Crippen LogP contribution >= 0.6 is 15.9 Å². The van der Waals surface area contributed by atoms with Crippen molar-refractivity contribution < 1.29 is 18.4 Å². The highest BCUT2D eigenvalue weighted by molar-refractivity contribution is 9.10. The summed E-state index contributed by atoms with van der Waals surface area (Å²) in [5.74, 6) is -2.48. The van der Waals surface area contributed by atoms with Crippen LogP contribution in [0.15, 0.2) is 16.6 Å². The first-order valence-electron chi connectivity index (χ1n) is 5.61. The van der Waals surface area contributed by atoms with Gasteiger partial charge in [-0.2, -0.15) is 0 Å². The zero-order valence-corrected chi connectivity index (χ0v) is 11.8. The molecular formula is C12H11BrF2N2O2. The van der Waals surface area contributed by atoms with Crippen LogP contribution in [0.2, 0.25) is 0 Å². The van der Waals surface area contributed by atoms with Crippen LogP contribution in [0.25, 0.3) is 0 Å². The van der Waals surface area contributed by atoms with Crippen LogP contribution < -0.4 is 10.2 Å². The van der Waals surface area contributed by atoms with E-state index in [1.54, 1.807) is 0 Å². The molecule has 0 radical (unpaired) electrons. The van der Waals surface area contributed by atoms with E-state index in [1.807, 2.05) is 0 Å². The maximum absolute atomic E-state index is 13.8. The lowest BCUT2D eigenvalue weighted by atomic mass is 10.1. The molecule has 1 heterocycles. The molecule has 0 bridgehead atoms. The molecule has 1 saturated heterocycles. The number of nitrogens with one attached hydrogen (secondary N) is 1. The summed E-state index contributed by atoms with van der Waals surface area (Å²) in [7, 11) is 0. The molecule has 2 atom stereocenters. The Morgan fingerprint density at radius 3 is 2.47 bits per heavy atom. The van der Waals surface area contributed by atoms with Gasteiger partial charge in [0.1, 0.15) is 23.7 Å². The molecule has 1 aliphatic rings. The number of anilines is 1. The van der Waals surface area contributed by atoms with Gasteiger partial charge >= 0.3 is 0 Å². The topological polar surface area (TPSA) is 49.4 Å². The SMILES string of the molecule is CC1NC(=O)C(C)N(c2cc(Br)c(F)cc2F)C1=O. The summed E-state index contributed by atoms with van der Waals surface area (Å²) in [5.41, 5.74) is -0.118. The minimum absolute atomic E-state index is 0.0301. The molecule has 19 heavy (non-hydrogen) atoms. The summed E-state index contributed by atoms with van der Waals surface area (Å²) in [4.78, 5) is 24.8. The van der Waals surface area contributed by atoms with E-state index in [0.29, 0.717) is 6.07 Å². The van der Waals surface area contributed by atoms with Crippen molar-refractivity contribution in [1.82, 2.24) is 5.32 Å². The van der Waals surface area contributed by atoms with Gasteiger partial charge in [0.2, 0.25) is 11.8 Å². The maximum Gasteiger partial charge on any atom is 0.250 e. The van der Waals surface area contributed by atoms with Gasteiger partial charge in [-0.25, -0.2) is 8.78 Å². The Morgan fingerprint density at radius 1 is 1.21 bits per heavy atom. The number of hydrogen-bond donors (Lipinski definition) is 1. The predicted octanol–water partition coefficient (Wildman–Crippen LogP) is 1.97. The summed E-state index contributed by atoms with van der Waals surface area (Å²) in [6.07, 6.45) is 0. The highest BCUT2D eigenvalue weighted by Crippen LogP contribution is 2.29. The molecular weight excluding hydrogens is 322 g/mol. The number of nitrogens with zero attached hydrogens (tertiary/aromatic N) is 1. The Bertz CT molecular complexity index is 565. The van der Waals surface area contributed by atoms with E-state index in [1.165, 1.54) is 13.8 Å². The third kappa shape index (κ3) is 2.34. The number of hydrogen-bond acceptors (Lipinski definition) is 2. The number of rotatable bonds is 1. The summed E-state index contributed by atoms with van der Waals surface area (Å²) in [5, 5.41) is 2.49. The number of carbonyl (C=O) groups excluding carboxylic acids is 2. The van der Waals surface area contributed by atoms with Gasteiger partial charge in [-0.15, -0.1) is 0 Å². The molecule has 1 aromatic rings. The second-order valence-electron chi connectivity index (χ2n) is 4.33. The largest absolute Gasteiger partial charge is 0.343 e. The third-order valence-corrected chi connectivity index (χ3v) is 3.59. The van der Waals surface area contributed by atoms with E-state index < -0.39 is 29.6 Å². The molecule has 1 N–H and O–H groups in total. The molecule has 7 heteroatoms. The number of carbonyl (C=O) groups is 2. The number of piperazine rings is 1. The van der Waals surface area contributed by atoms with E-state index in [0.717, 1.165) is 11.0 Å². The third-order valence-electron chi connectivity index (χ3n) is 2.98. The Morgan fingerprint density at radius 2 is 1.84 bits per heavy atom. The number of benzene rings is 1. The fraction of sp³-hybridized carbons (Fsp3) is 0.333. The van der Waals surface area contributed by atoms with Crippen LogP contribution in [0.4, 0.5) is 14.5 Å². The van der Waals surface area contributed by atoms with Crippen LogP contribution in [0, 0.1) is 11.6 Å². The number of halogens is 3. The molecule has 1 aromatic carbocycles. The molecule has 1 aliphatic heterocycles. The van der Waals surface area contributed by atoms with Gasteiger partial charge in [0, 0.05) is 6.07 Å². The van der Waals surface area contributed by atoms with E-state index in [-0.39, 0.29) is 16.1 Å². The molecule has 2 amide bonds. The molecule has 0 aromatic heterocycles. The van der Waals surface area contributed by atoms with E-state index >= 15 is 0 Å². The minimum atomic E-state index is -0.886. The first-order chi connectivity index (χ1) is 8.82. The highest BCUT2D eigenvalue weighted by atomic mass is 79.9. The van der Waals surface area contributed by atoms with E-state index in [2.05, 4.69) is 21.2 Å². The Kier molecular flexibility index (Phi) is 3.58. The normalized spacial score (nSPS) is 23.5. The molecule has 1 fully saturated rings. The molecule has 2 unspecified atom stereocenters. The van der Waals surface area contributed by atoms with Crippen LogP contribution in [0.5, 0.6) is 0 Å². The lowest BCUT2D eigenvalue weighted by molar-refractivity contribution is -0.133. The molecule has 4 nitrogen and oxygen atoms in total. The zero-order chi connectivity index (χ0) is 14.3. The monoisotopic (exact) mass is 332 g/mol. The minimum Gasteiger partial charge on any atom is -0.343 e. The number of amides is 2. The van der Waals surface area contributed by atoms with E-state index in [9.17, 15) is 18.4 Å². The first kappa shape index (κ1) is 13.9. The van der Waals surface area contributed by atoms with Crippen molar-refractivity contribution >= 4 is 33.4 Å². The molecule has 0 spiro atoms. The summed E-state index contributed by atoms with van der Waals surface area (Å²) in [6, 6.07) is 0.239. The standard InChI is InChI=1S/C12H11BrF2N2O2/c1-5-12(19)17(6(2)11(18)16-5)10-3-7(13)8(14)4-9(10)15/h3-6H,1-2H3,(H,16,18). The predicted molar refractivity (Wildman–Crippen MR) is 68.6 cm³/mol. The van der Waals surface area contributed by atoms with Crippen molar-refractivity contribution in [2.75, 3.05) is 4.90 Å². The van der Waals surface area contributed by atoms with Gasteiger partial charge < -0.3 is 5.32 Å². The van der Waals surface area contributed by atoms with Crippen LogP contribution in [-0.4, -0.2) is 23.9 Å². The van der Waals surface area contributed by atoms with Crippen LogP contribution in [0.1, 0.15) is 13.8 Å². The van der Waals surface area contributed by atoms with Crippen LogP contribution in [0.3, 0.4) is 0 Å². The van der Waals surface area contributed by atoms with Crippen molar-refractivity contribution in [2.24, 2.45) is 0 Å². The van der Waals surface area contributed by atoms with Gasteiger partial charge in [-0.3, -0.25) is 14.5 Å². The van der Waals surface area contributed by atoms with Crippen molar-refractivity contribution in [1.29, 1.82) is 0 Å². The zero-order valence-electron chi connectivity index (χ0n) is 10.2. The van der Waals surface area contributed by atoms with E-state index in [4.69, 9.17) is 0 Å². The second-order valence-corrected chi connectivity index (χ2v) is 5.19. The van der Waals surface area contributed by atoms with Gasteiger partial charge in [0.25, 0.3) is 0 Å². The average Bonchev–Trinajstić information content (AvgIpc) is 2.33. The average molecular weight is 333 g/mol.